The number of nitrogens with zero attached hydrogens (tertiary/aromatic N) is 4. The van der Waals surface area contributed by atoms with Gasteiger partial charge in [0.05, 0.1) is 15.7 Å². The summed E-state index contributed by atoms with van der Waals surface area (Å²) in [6.07, 6.45) is 0. The molecule has 5 nitrogen and oxygen atoms in total. The summed E-state index contributed by atoms with van der Waals surface area (Å²) in [5.74, 6) is 1.81. The molecule has 0 radical (unpaired) electrons. The molecule has 0 atom stereocenters. The van der Waals surface area contributed by atoms with Gasteiger partial charge in [-0.25, -0.2) is 15.0 Å². The van der Waals surface area contributed by atoms with Crippen LogP contribution in [0.3, 0.4) is 0 Å². The van der Waals surface area contributed by atoms with E-state index in [2.05, 4.69) is 144 Å². The molecule has 0 fully saturated rings. The van der Waals surface area contributed by atoms with E-state index in [0.717, 1.165) is 66.6 Å². The molecule has 294 valence electrons. The number of benzene rings is 9. The van der Waals surface area contributed by atoms with Crippen molar-refractivity contribution in [2.45, 2.75) is 0 Å². The summed E-state index contributed by atoms with van der Waals surface area (Å²) < 4.78 is 12.1. The van der Waals surface area contributed by atoms with E-state index in [0.29, 0.717) is 17.5 Å². The molecular weight excluding hydrogens is 789 g/mol. The van der Waals surface area contributed by atoms with Crippen LogP contribution in [0, 0.1) is 0 Å². The Labute approximate surface area is 365 Å². The molecule has 0 spiro atoms. The zero-order chi connectivity index (χ0) is 41.4. The minimum atomic E-state index is 0.583. The molecule has 0 aliphatic carbocycles. The summed E-state index contributed by atoms with van der Waals surface area (Å²) in [4.78, 5) is 15.3. The zero-order valence-corrected chi connectivity index (χ0v) is 34.6. The highest BCUT2D eigenvalue weighted by Crippen LogP contribution is 2.47. The van der Waals surface area contributed by atoms with Gasteiger partial charge in [0.2, 0.25) is 0 Å². The summed E-state index contributed by atoms with van der Waals surface area (Å²) >= 11 is 1.86. The van der Waals surface area contributed by atoms with Crippen LogP contribution in [0.5, 0.6) is 0 Å². The van der Waals surface area contributed by atoms with Crippen molar-refractivity contribution in [1.82, 2.24) is 19.5 Å². The van der Waals surface area contributed by atoms with Crippen molar-refractivity contribution in [2.75, 3.05) is 0 Å². The molecule has 13 aromatic rings. The van der Waals surface area contributed by atoms with Crippen LogP contribution in [0.1, 0.15) is 0 Å². The van der Waals surface area contributed by atoms with Crippen molar-refractivity contribution in [3.8, 4) is 62.1 Å². The average molecular weight is 823 g/mol. The molecule has 13 rings (SSSR count). The van der Waals surface area contributed by atoms with Gasteiger partial charge in [0, 0.05) is 70.5 Å². The molecule has 0 N–H and O–H groups in total. The van der Waals surface area contributed by atoms with Crippen LogP contribution in [0.15, 0.2) is 211 Å². The summed E-state index contributed by atoms with van der Waals surface area (Å²) in [6, 6.07) is 72.4. The normalized spacial score (nSPS) is 11.8. The predicted octanol–water partition coefficient (Wildman–Crippen LogP) is 15.6. The Hall–Kier alpha value is -8.19. The number of rotatable bonds is 6. The van der Waals surface area contributed by atoms with Crippen molar-refractivity contribution in [3.05, 3.63) is 206 Å². The highest BCUT2D eigenvalue weighted by Gasteiger charge is 2.23. The molecule has 0 aliphatic rings. The third-order valence-electron chi connectivity index (χ3n) is 12.3. The molecule has 4 aromatic heterocycles. The minimum Gasteiger partial charge on any atom is -0.455 e. The van der Waals surface area contributed by atoms with Crippen molar-refractivity contribution in [2.24, 2.45) is 0 Å². The third-order valence-corrected chi connectivity index (χ3v) is 13.5. The van der Waals surface area contributed by atoms with Crippen molar-refractivity contribution >= 4 is 75.3 Å². The first kappa shape index (κ1) is 35.6. The van der Waals surface area contributed by atoms with Gasteiger partial charge < -0.3 is 8.98 Å². The molecule has 0 aliphatic heterocycles. The minimum absolute atomic E-state index is 0.583. The van der Waals surface area contributed by atoms with E-state index in [9.17, 15) is 0 Å². The first-order valence-electron chi connectivity index (χ1n) is 21.1. The number of furan rings is 1. The second-order valence-corrected chi connectivity index (χ2v) is 16.9. The number of hydrogen-bond acceptors (Lipinski definition) is 5. The average Bonchev–Trinajstić information content (AvgIpc) is 4.04. The second-order valence-electron chi connectivity index (χ2n) is 15.9. The van der Waals surface area contributed by atoms with Gasteiger partial charge in [-0.2, -0.15) is 0 Å². The summed E-state index contributed by atoms with van der Waals surface area (Å²) in [5, 5.41) is 7.10. The van der Waals surface area contributed by atoms with E-state index in [1.807, 2.05) is 78.1 Å². The molecule has 0 saturated carbocycles. The fraction of sp³-hybridized carbons (Fsp3) is 0. The lowest BCUT2D eigenvalue weighted by Gasteiger charge is -2.12. The van der Waals surface area contributed by atoms with E-state index in [1.54, 1.807) is 0 Å². The largest absolute Gasteiger partial charge is 0.455 e. The van der Waals surface area contributed by atoms with Gasteiger partial charge in [0.1, 0.15) is 11.2 Å². The molecule has 0 bridgehead atoms. The molecule has 6 heteroatoms. The third kappa shape index (κ3) is 5.66. The maximum atomic E-state index is 7.18. The van der Waals surface area contributed by atoms with Crippen molar-refractivity contribution in [1.29, 1.82) is 0 Å². The molecule has 0 unspecified atom stereocenters. The smallest absolute Gasteiger partial charge is 0.164 e. The van der Waals surface area contributed by atoms with Crippen LogP contribution >= 0.6 is 11.3 Å². The van der Waals surface area contributed by atoms with Gasteiger partial charge in [-0.05, 0) is 53.6 Å². The van der Waals surface area contributed by atoms with Crippen LogP contribution in [-0.4, -0.2) is 19.5 Å². The predicted molar refractivity (Wildman–Crippen MR) is 262 cm³/mol. The summed E-state index contributed by atoms with van der Waals surface area (Å²) in [6.45, 7) is 0. The van der Waals surface area contributed by atoms with E-state index >= 15 is 0 Å². The molecule has 9 aromatic carbocycles. The van der Waals surface area contributed by atoms with Gasteiger partial charge >= 0.3 is 0 Å². The fourth-order valence-corrected chi connectivity index (χ4v) is 10.6. The molecule has 0 amide bonds. The molecule has 63 heavy (non-hydrogen) atoms. The van der Waals surface area contributed by atoms with Gasteiger partial charge in [-0.1, -0.05) is 164 Å². The highest BCUT2D eigenvalue weighted by molar-refractivity contribution is 7.26. The topological polar surface area (TPSA) is 56.7 Å². The SMILES string of the molecule is c1ccc(-c2nc(-c3ccccc3)nc(-c3ccc4c(oc5c(-c6ccc7sc8c(ccc9c%10ccccc%10n(-c%10ccccc%10)c98)c7c6)cccc54)c3-c3ccccc3)n2)cc1. The Morgan fingerprint density at radius 2 is 0.968 bits per heavy atom. The number of aromatic nitrogens is 4. The standard InChI is InChI=1S/C57H34N4OS/c1-5-16-35(17-6-1)50-46(57-59-55(36-18-7-2-8-19-36)58-56(60-57)37-20-9-3-10-21-37)32-30-44-43-26-15-25-40(52(43)62-53(44)50)38-28-33-49-47(34-38)45-31-29-42-41-24-13-14-27-48(41)61(51(42)54(45)63-49)39-22-11-4-12-23-39/h1-34H. The summed E-state index contributed by atoms with van der Waals surface area (Å²) in [7, 11) is 0. The highest BCUT2D eigenvalue weighted by atomic mass is 32.1. The Morgan fingerprint density at radius 1 is 0.381 bits per heavy atom. The number of hydrogen-bond donors (Lipinski definition) is 0. The lowest BCUT2D eigenvalue weighted by Crippen LogP contribution is -2.01. The van der Waals surface area contributed by atoms with Crippen LogP contribution in [0.2, 0.25) is 0 Å². The van der Waals surface area contributed by atoms with Gasteiger partial charge in [0.15, 0.2) is 17.5 Å². The Kier molecular flexibility index (Phi) is 8.01. The van der Waals surface area contributed by atoms with Crippen molar-refractivity contribution in [3.63, 3.8) is 0 Å². The first-order chi connectivity index (χ1) is 31.2. The lowest BCUT2D eigenvalue weighted by atomic mass is 9.95. The molecule has 0 saturated heterocycles. The monoisotopic (exact) mass is 822 g/mol. The van der Waals surface area contributed by atoms with Gasteiger partial charge in [-0.15, -0.1) is 11.3 Å². The van der Waals surface area contributed by atoms with Crippen LogP contribution in [0.4, 0.5) is 0 Å². The van der Waals surface area contributed by atoms with E-state index in [-0.39, 0.29) is 0 Å². The Balaban J connectivity index is 1.02. The number of thiophene rings is 1. The van der Waals surface area contributed by atoms with Gasteiger partial charge in [0.25, 0.3) is 0 Å². The molecule has 4 heterocycles. The van der Waals surface area contributed by atoms with Crippen LogP contribution in [0.25, 0.3) is 126 Å². The Morgan fingerprint density at radius 3 is 1.70 bits per heavy atom. The second kappa shape index (κ2) is 14.2. The lowest BCUT2D eigenvalue weighted by molar-refractivity contribution is 0.671. The van der Waals surface area contributed by atoms with E-state index < -0.39 is 0 Å². The molecular formula is C57H34N4OS. The van der Waals surface area contributed by atoms with Crippen LogP contribution < -0.4 is 0 Å². The van der Waals surface area contributed by atoms with Crippen LogP contribution in [-0.2, 0) is 0 Å². The Bertz CT molecular complexity index is 3830. The summed E-state index contributed by atoms with van der Waals surface area (Å²) in [5.41, 5.74) is 12.1. The fourth-order valence-electron chi connectivity index (χ4n) is 9.39. The van der Waals surface area contributed by atoms with E-state index in [4.69, 9.17) is 19.4 Å². The maximum Gasteiger partial charge on any atom is 0.164 e. The zero-order valence-electron chi connectivity index (χ0n) is 33.7. The van der Waals surface area contributed by atoms with Gasteiger partial charge in [-0.3, -0.25) is 0 Å². The quantitative estimate of drug-likeness (QED) is 0.168. The first-order valence-corrected chi connectivity index (χ1v) is 21.9. The number of para-hydroxylation sites is 3. The maximum absolute atomic E-state index is 7.18. The van der Waals surface area contributed by atoms with E-state index in [1.165, 1.54) is 42.0 Å². The number of fused-ring (bicyclic) bond motifs is 10. The van der Waals surface area contributed by atoms with Crippen molar-refractivity contribution < 1.29 is 4.42 Å².